The van der Waals surface area contributed by atoms with Crippen LogP contribution in [0.1, 0.15) is 27.3 Å². The van der Waals surface area contributed by atoms with Gasteiger partial charge in [-0.1, -0.05) is 34.1 Å². The second-order valence-corrected chi connectivity index (χ2v) is 8.12. The van der Waals surface area contributed by atoms with Crippen molar-refractivity contribution in [2.45, 2.75) is 20.4 Å². The number of nitrogens with zero attached hydrogens (tertiary/aromatic N) is 5. The van der Waals surface area contributed by atoms with E-state index < -0.39 is 0 Å². The molecule has 0 spiro atoms. The van der Waals surface area contributed by atoms with Gasteiger partial charge in [0.25, 0.3) is 5.91 Å². The molecule has 2 aromatic carbocycles. The summed E-state index contributed by atoms with van der Waals surface area (Å²) < 4.78 is 4.63. The van der Waals surface area contributed by atoms with Crippen LogP contribution in [-0.4, -0.2) is 37.4 Å². The van der Waals surface area contributed by atoms with Gasteiger partial charge in [0.2, 0.25) is 0 Å². The van der Waals surface area contributed by atoms with Crippen molar-refractivity contribution in [2.24, 2.45) is 0 Å². The molecule has 0 atom stereocenters. The first-order valence-corrected chi connectivity index (χ1v) is 10.4. The minimum atomic E-state index is -0.0791. The number of hydrogen-bond acceptors (Lipinski definition) is 3. The van der Waals surface area contributed by atoms with Gasteiger partial charge >= 0.3 is 0 Å². The quantitative estimate of drug-likeness (QED) is 0.430. The highest BCUT2D eigenvalue weighted by atomic mass is 79.9. The number of amides is 1. The number of para-hydroxylation sites is 1. The lowest BCUT2D eigenvalue weighted by atomic mass is 10.1. The molecule has 0 N–H and O–H groups in total. The second-order valence-electron chi connectivity index (χ2n) is 7.21. The summed E-state index contributed by atoms with van der Waals surface area (Å²) in [6, 6.07) is 17.8. The van der Waals surface area contributed by atoms with Gasteiger partial charge in [-0.2, -0.15) is 10.2 Å². The Labute approximate surface area is 183 Å². The lowest BCUT2D eigenvalue weighted by molar-refractivity contribution is 0.0784. The van der Waals surface area contributed by atoms with Gasteiger partial charge < -0.3 is 4.90 Å². The first-order valence-electron chi connectivity index (χ1n) is 9.60. The number of aryl methyl sites for hydroxylation is 1. The molecular weight excluding hydrogens is 442 g/mol. The van der Waals surface area contributed by atoms with Crippen molar-refractivity contribution < 1.29 is 4.79 Å². The molecule has 4 rings (SSSR count). The first-order chi connectivity index (χ1) is 14.4. The molecule has 0 aliphatic heterocycles. The van der Waals surface area contributed by atoms with Crippen molar-refractivity contribution in [3.05, 3.63) is 94.0 Å². The number of carbonyl (C=O) groups is 1. The molecule has 4 aromatic rings. The van der Waals surface area contributed by atoms with Crippen molar-refractivity contribution in [1.29, 1.82) is 0 Å². The van der Waals surface area contributed by atoms with Crippen molar-refractivity contribution in [3.63, 3.8) is 0 Å². The Morgan fingerprint density at radius 1 is 1.03 bits per heavy atom. The molecule has 2 aromatic heterocycles. The van der Waals surface area contributed by atoms with Gasteiger partial charge in [0.1, 0.15) is 0 Å². The summed E-state index contributed by atoms with van der Waals surface area (Å²) >= 11 is 3.43. The molecule has 0 bridgehead atoms. The van der Waals surface area contributed by atoms with Gasteiger partial charge in [-0.3, -0.25) is 4.79 Å². The van der Waals surface area contributed by atoms with Gasteiger partial charge in [0.05, 0.1) is 28.8 Å². The molecule has 0 aliphatic carbocycles. The summed E-state index contributed by atoms with van der Waals surface area (Å²) in [4.78, 5) is 14.7. The average Bonchev–Trinajstić information content (AvgIpc) is 3.35. The van der Waals surface area contributed by atoms with Crippen LogP contribution in [0, 0.1) is 13.8 Å². The molecule has 152 valence electrons. The molecule has 0 unspecified atom stereocenters. The largest absolute Gasteiger partial charge is 0.337 e. The second kappa shape index (κ2) is 8.28. The molecule has 30 heavy (non-hydrogen) atoms. The number of aromatic nitrogens is 4. The number of rotatable bonds is 5. The maximum Gasteiger partial charge on any atom is 0.257 e. The zero-order valence-corrected chi connectivity index (χ0v) is 18.7. The van der Waals surface area contributed by atoms with Crippen LogP contribution in [0.25, 0.3) is 11.4 Å². The smallest absolute Gasteiger partial charge is 0.257 e. The fourth-order valence-electron chi connectivity index (χ4n) is 3.42. The molecule has 6 nitrogen and oxygen atoms in total. The van der Waals surface area contributed by atoms with E-state index in [1.54, 1.807) is 29.0 Å². The standard InChI is InChI=1S/C23H22BrN5O/c1-16-22(17(2)29(26-16)21-7-5-4-6-8-21)15-27(3)23(30)18-13-25-28(14-18)20-11-9-19(24)10-12-20/h4-14H,15H2,1-3H3. The van der Waals surface area contributed by atoms with Crippen molar-refractivity contribution in [1.82, 2.24) is 24.5 Å². The summed E-state index contributed by atoms with van der Waals surface area (Å²) in [7, 11) is 1.80. The van der Waals surface area contributed by atoms with Crippen LogP contribution in [-0.2, 0) is 6.54 Å². The number of hydrogen-bond donors (Lipinski definition) is 0. The zero-order valence-electron chi connectivity index (χ0n) is 17.1. The van der Waals surface area contributed by atoms with Crippen molar-refractivity contribution in [2.75, 3.05) is 7.05 Å². The molecule has 0 fully saturated rings. The van der Waals surface area contributed by atoms with E-state index in [4.69, 9.17) is 0 Å². The van der Waals surface area contributed by atoms with E-state index in [1.165, 1.54) is 0 Å². The van der Waals surface area contributed by atoms with Gasteiger partial charge in [-0.15, -0.1) is 0 Å². The molecule has 7 heteroatoms. The SMILES string of the molecule is Cc1nn(-c2ccccc2)c(C)c1CN(C)C(=O)c1cnn(-c2ccc(Br)cc2)c1. The highest BCUT2D eigenvalue weighted by molar-refractivity contribution is 9.10. The normalized spacial score (nSPS) is 10.9. The third kappa shape index (κ3) is 3.93. The zero-order chi connectivity index (χ0) is 21.3. The Bertz CT molecular complexity index is 1180. The van der Waals surface area contributed by atoms with E-state index in [9.17, 15) is 4.79 Å². The topological polar surface area (TPSA) is 56.0 Å². The molecular formula is C23H22BrN5O. The first kappa shape index (κ1) is 20.1. The van der Waals surface area contributed by atoms with Crippen LogP contribution in [0.15, 0.2) is 71.5 Å². The summed E-state index contributed by atoms with van der Waals surface area (Å²) in [5, 5.41) is 9.02. The predicted octanol–water partition coefficient (Wildman–Crippen LogP) is 4.71. The third-order valence-corrected chi connectivity index (χ3v) is 5.63. The molecule has 0 radical (unpaired) electrons. The van der Waals surface area contributed by atoms with Gasteiger partial charge in [0.15, 0.2) is 0 Å². The molecule has 2 heterocycles. The van der Waals surface area contributed by atoms with Crippen LogP contribution in [0.2, 0.25) is 0 Å². The third-order valence-electron chi connectivity index (χ3n) is 5.10. The van der Waals surface area contributed by atoms with E-state index in [-0.39, 0.29) is 5.91 Å². The van der Waals surface area contributed by atoms with Crippen LogP contribution in [0.5, 0.6) is 0 Å². The Balaban J connectivity index is 1.53. The van der Waals surface area contributed by atoms with Gasteiger partial charge in [-0.05, 0) is 50.2 Å². The fourth-order valence-corrected chi connectivity index (χ4v) is 3.69. The van der Waals surface area contributed by atoms with Crippen LogP contribution in [0.3, 0.4) is 0 Å². The summed E-state index contributed by atoms with van der Waals surface area (Å²) in [6.07, 6.45) is 3.36. The molecule has 0 saturated heterocycles. The highest BCUT2D eigenvalue weighted by Crippen LogP contribution is 2.20. The maximum absolute atomic E-state index is 13.0. The van der Waals surface area contributed by atoms with Crippen molar-refractivity contribution in [3.8, 4) is 11.4 Å². The van der Waals surface area contributed by atoms with Crippen LogP contribution < -0.4 is 0 Å². The van der Waals surface area contributed by atoms with Crippen molar-refractivity contribution >= 4 is 21.8 Å². The lowest BCUT2D eigenvalue weighted by Gasteiger charge is -2.16. The van der Waals surface area contributed by atoms with E-state index in [2.05, 4.69) is 26.1 Å². The van der Waals surface area contributed by atoms with Crippen LogP contribution >= 0.6 is 15.9 Å². The fraction of sp³-hybridized carbons (Fsp3) is 0.174. The summed E-state index contributed by atoms with van der Waals surface area (Å²) in [6.45, 7) is 4.49. The highest BCUT2D eigenvalue weighted by Gasteiger charge is 2.19. The lowest BCUT2D eigenvalue weighted by Crippen LogP contribution is -2.26. The van der Waals surface area contributed by atoms with Gasteiger partial charge in [-0.25, -0.2) is 9.36 Å². The van der Waals surface area contributed by atoms with E-state index >= 15 is 0 Å². The number of benzene rings is 2. The minimum absolute atomic E-state index is 0.0791. The average molecular weight is 464 g/mol. The van der Waals surface area contributed by atoms with E-state index in [1.807, 2.05) is 73.1 Å². The van der Waals surface area contributed by atoms with Crippen LogP contribution in [0.4, 0.5) is 0 Å². The predicted molar refractivity (Wildman–Crippen MR) is 120 cm³/mol. The number of carbonyl (C=O) groups excluding carboxylic acids is 1. The molecule has 1 amide bonds. The minimum Gasteiger partial charge on any atom is -0.337 e. The number of halogens is 1. The van der Waals surface area contributed by atoms with E-state index in [0.717, 1.165) is 32.8 Å². The van der Waals surface area contributed by atoms with E-state index in [0.29, 0.717) is 12.1 Å². The molecule has 0 saturated carbocycles. The van der Waals surface area contributed by atoms with Gasteiger partial charge in [0, 0.05) is 35.5 Å². The Kier molecular flexibility index (Phi) is 5.55. The Morgan fingerprint density at radius 3 is 2.43 bits per heavy atom. The maximum atomic E-state index is 13.0. The molecule has 0 aliphatic rings. The summed E-state index contributed by atoms with van der Waals surface area (Å²) in [5.41, 5.74) is 5.46. The Hall–Kier alpha value is -3.19. The monoisotopic (exact) mass is 463 g/mol. The summed E-state index contributed by atoms with van der Waals surface area (Å²) in [5.74, 6) is -0.0791. The Morgan fingerprint density at radius 2 is 1.73 bits per heavy atom.